The molecule has 30 rings (SSSR count). The standard InChI is InChI=1S/C50H30.C46H28O.C46H30/c1-2-13-33-29-34(24-23-31(33)11-1)35-25-26-46-47(30-35)50(39-20-9-14-32-12-3-4-15-36(32)39)42-19-8-7-18-41(42)49(46)45-28-27-44-38-17-6-5-16-37(38)40-21-10-22-43(45)48(40)44;1-2-13-31-27-32(24-23-29(31)11-1)33-25-26-39-42(28-33)45(41-21-10-20-40-35-16-7-8-22-43(35)47-46(40)41)38-18-6-5-17-37(38)44(39)36-19-9-14-30-12-3-4-15-34(30)36;1-2-14-32(15-3-1)37-20-8-9-21-39(37)46-42-23-11-10-22-41(42)45(40-24-12-18-33-16-6-7-19-38(33)40)43-28-27-36(30-44(43)46)35-26-25-31-13-4-5-17-34(31)29-35/h1-30H;1-28H;1-30H. The van der Waals surface area contributed by atoms with E-state index < -0.39 is 0 Å². The summed E-state index contributed by atoms with van der Waals surface area (Å²) in [5.41, 5.74) is 31.9. The Hall–Kier alpha value is -18.7. The van der Waals surface area contributed by atoms with E-state index >= 15 is 0 Å². The zero-order chi connectivity index (χ0) is 94.1. The lowest BCUT2D eigenvalue weighted by molar-refractivity contribution is 0.670. The first-order valence-corrected chi connectivity index (χ1v) is 49.6. The Labute approximate surface area is 827 Å². The van der Waals surface area contributed by atoms with Crippen molar-refractivity contribution >= 4 is 162 Å². The molecule has 0 unspecified atom stereocenters. The summed E-state index contributed by atoms with van der Waals surface area (Å²) >= 11 is 0. The van der Waals surface area contributed by atoms with Gasteiger partial charge in [0.2, 0.25) is 0 Å². The molecule has 0 spiro atoms. The van der Waals surface area contributed by atoms with Crippen molar-refractivity contribution < 1.29 is 4.42 Å². The zero-order valence-electron chi connectivity index (χ0n) is 78.2. The Morgan fingerprint density at radius 2 is 0.357 bits per heavy atom. The first kappa shape index (κ1) is 82.6. The predicted molar refractivity (Wildman–Crippen MR) is 613 cm³/mol. The summed E-state index contributed by atoms with van der Waals surface area (Å²) < 4.78 is 6.67. The number of hydrogen-bond donors (Lipinski definition) is 0. The smallest absolute Gasteiger partial charge is 0.143 e. The molecule has 29 aromatic rings. The van der Waals surface area contributed by atoms with E-state index in [4.69, 9.17) is 4.42 Å². The van der Waals surface area contributed by atoms with E-state index in [1.165, 1.54) is 268 Å². The second kappa shape index (κ2) is 34.2. The normalized spacial score (nSPS) is 11.8. The van der Waals surface area contributed by atoms with Crippen molar-refractivity contribution in [2.24, 2.45) is 0 Å². The minimum absolute atomic E-state index is 0.910. The molecule has 662 valence electrons. The molecular formula is C142H88O. The largest absolute Gasteiger partial charge is 0.455 e. The SMILES string of the molecule is c1ccc(-c2ccccc2-c2c3ccccc3c(-c3cccc4ccccc34)c3ccc(-c4ccc5ccccc5c4)cc23)cc1.c1ccc2c(c1)-c1cccc3c(-c4c5ccccc5c(-c5cccc6ccccc56)c5cc(-c6ccc7ccccc7c6)ccc45)ccc-2c13.c1ccc2cc(-c3ccc4c(-c5cccc6ccccc56)c5ccccc5c(-c5cccc6c5oc5ccccc56)c4c3)ccc2c1. The van der Waals surface area contributed by atoms with E-state index in [0.717, 1.165) is 27.5 Å². The van der Waals surface area contributed by atoms with E-state index in [9.17, 15) is 0 Å². The van der Waals surface area contributed by atoms with Crippen molar-refractivity contribution in [3.05, 3.63) is 534 Å². The highest BCUT2D eigenvalue weighted by Crippen LogP contribution is 2.56. The van der Waals surface area contributed by atoms with Crippen molar-refractivity contribution in [3.63, 3.8) is 0 Å². The highest BCUT2D eigenvalue weighted by atomic mass is 16.3. The number of fused-ring (bicyclic) bond motifs is 18. The quantitative estimate of drug-likeness (QED) is 0.124. The molecule has 143 heavy (non-hydrogen) atoms. The molecule has 1 heterocycles. The molecule has 0 fully saturated rings. The van der Waals surface area contributed by atoms with Gasteiger partial charge in [-0.2, -0.15) is 0 Å². The van der Waals surface area contributed by atoms with Crippen LogP contribution in [0.5, 0.6) is 0 Å². The Morgan fingerprint density at radius 3 is 0.790 bits per heavy atom. The van der Waals surface area contributed by atoms with Gasteiger partial charge in [0, 0.05) is 21.9 Å². The van der Waals surface area contributed by atoms with Crippen LogP contribution in [0.2, 0.25) is 0 Å². The summed E-state index contributed by atoms with van der Waals surface area (Å²) in [5.74, 6) is 0. The lowest BCUT2D eigenvalue weighted by Gasteiger charge is -2.21. The molecule has 0 amide bonds. The maximum absolute atomic E-state index is 6.67. The van der Waals surface area contributed by atoms with Crippen molar-refractivity contribution in [1.29, 1.82) is 0 Å². The lowest BCUT2D eigenvalue weighted by atomic mass is 9.82. The first-order valence-electron chi connectivity index (χ1n) is 49.6. The average molecular weight is 1810 g/mol. The van der Waals surface area contributed by atoms with Crippen LogP contribution in [0.4, 0.5) is 0 Å². The molecule has 28 aromatic carbocycles. The van der Waals surface area contributed by atoms with Gasteiger partial charge in [-0.25, -0.2) is 0 Å². The topological polar surface area (TPSA) is 13.1 Å². The molecule has 0 saturated carbocycles. The lowest BCUT2D eigenvalue weighted by Crippen LogP contribution is -1.94. The van der Waals surface area contributed by atoms with Crippen LogP contribution in [0.15, 0.2) is 538 Å². The molecule has 0 aliphatic heterocycles. The van der Waals surface area contributed by atoms with Crippen LogP contribution in [0.3, 0.4) is 0 Å². The van der Waals surface area contributed by atoms with Gasteiger partial charge in [-0.1, -0.05) is 491 Å². The molecule has 0 atom stereocenters. The van der Waals surface area contributed by atoms with E-state index in [1.54, 1.807) is 0 Å². The Kier molecular flexibility index (Phi) is 19.8. The van der Waals surface area contributed by atoms with Crippen LogP contribution in [-0.2, 0) is 0 Å². The highest BCUT2D eigenvalue weighted by Gasteiger charge is 2.29. The van der Waals surface area contributed by atoms with E-state index in [-0.39, 0.29) is 0 Å². The molecule has 0 N–H and O–H groups in total. The molecule has 1 aromatic heterocycles. The van der Waals surface area contributed by atoms with Gasteiger partial charge in [-0.15, -0.1) is 0 Å². The molecule has 1 nitrogen and oxygen atoms in total. The fourth-order valence-electron chi connectivity index (χ4n) is 23.8. The molecule has 1 aliphatic carbocycles. The van der Waals surface area contributed by atoms with Gasteiger partial charge in [-0.05, 0) is 305 Å². The van der Waals surface area contributed by atoms with Crippen LogP contribution in [0.25, 0.3) is 296 Å². The number of hydrogen-bond acceptors (Lipinski definition) is 1. The number of rotatable bonds is 10. The second-order valence-corrected chi connectivity index (χ2v) is 38.1. The summed E-state index contributed by atoms with van der Waals surface area (Å²) in [7, 11) is 0. The summed E-state index contributed by atoms with van der Waals surface area (Å²) in [4.78, 5) is 0. The van der Waals surface area contributed by atoms with E-state index in [1.807, 2.05) is 6.07 Å². The summed E-state index contributed by atoms with van der Waals surface area (Å²) in [6.07, 6.45) is 0. The van der Waals surface area contributed by atoms with Crippen molar-refractivity contribution in [1.82, 2.24) is 0 Å². The van der Waals surface area contributed by atoms with Crippen molar-refractivity contribution in [3.8, 4) is 134 Å². The minimum atomic E-state index is 0.910. The maximum Gasteiger partial charge on any atom is 0.143 e. The number of benzene rings is 28. The van der Waals surface area contributed by atoms with Crippen molar-refractivity contribution in [2.75, 3.05) is 0 Å². The van der Waals surface area contributed by atoms with E-state index in [2.05, 4.69) is 528 Å². The molecule has 0 saturated heterocycles. The number of furan rings is 1. The summed E-state index contributed by atoms with van der Waals surface area (Å²) in [6, 6.07) is 196. The number of para-hydroxylation sites is 2. The molecule has 1 aliphatic rings. The Bertz CT molecular complexity index is 10300. The fraction of sp³-hybridized carbons (Fsp3) is 0. The van der Waals surface area contributed by atoms with Gasteiger partial charge in [0.1, 0.15) is 11.2 Å². The van der Waals surface area contributed by atoms with Crippen molar-refractivity contribution in [2.45, 2.75) is 0 Å². The van der Waals surface area contributed by atoms with Gasteiger partial charge in [0.25, 0.3) is 0 Å². The molecule has 1 heteroatoms. The monoisotopic (exact) mass is 1810 g/mol. The van der Waals surface area contributed by atoms with Crippen LogP contribution in [0, 0.1) is 0 Å². The minimum Gasteiger partial charge on any atom is -0.455 e. The summed E-state index contributed by atoms with van der Waals surface area (Å²) in [5, 5.41) is 35.0. The van der Waals surface area contributed by atoms with Gasteiger partial charge in [-0.3, -0.25) is 0 Å². The summed E-state index contributed by atoms with van der Waals surface area (Å²) in [6.45, 7) is 0. The third-order valence-electron chi connectivity index (χ3n) is 30.3. The van der Waals surface area contributed by atoms with Gasteiger partial charge >= 0.3 is 0 Å². The molecule has 0 bridgehead atoms. The predicted octanol–water partition coefficient (Wildman–Crippen LogP) is 40.3. The van der Waals surface area contributed by atoms with Crippen LogP contribution in [-0.4, -0.2) is 0 Å². The Balaban J connectivity index is 0.000000105. The highest BCUT2D eigenvalue weighted by molar-refractivity contribution is 6.31. The van der Waals surface area contributed by atoms with Crippen LogP contribution < -0.4 is 0 Å². The molecule has 0 radical (unpaired) electrons. The van der Waals surface area contributed by atoms with Gasteiger partial charge in [0.15, 0.2) is 0 Å². The first-order chi connectivity index (χ1) is 71.0. The zero-order valence-corrected chi connectivity index (χ0v) is 78.2. The van der Waals surface area contributed by atoms with Crippen LogP contribution >= 0.6 is 0 Å². The average Bonchev–Trinajstić information content (AvgIpc) is 1.71. The Morgan fingerprint density at radius 1 is 0.105 bits per heavy atom. The second-order valence-electron chi connectivity index (χ2n) is 38.1. The van der Waals surface area contributed by atoms with E-state index in [0.29, 0.717) is 0 Å². The maximum atomic E-state index is 6.67. The third-order valence-corrected chi connectivity index (χ3v) is 30.3. The van der Waals surface area contributed by atoms with Gasteiger partial charge < -0.3 is 4.42 Å². The van der Waals surface area contributed by atoms with Gasteiger partial charge in [0.05, 0.1) is 0 Å². The molecular weight excluding hydrogens is 1720 g/mol. The fourth-order valence-corrected chi connectivity index (χ4v) is 23.8. The third kappa shape index (κ3) is 13.8. The van der Waals surface area contributed by atoms with Crippen LogP contribution in [0.1, 0.15) is 0 Å².